The van der Waals surface area contributed by atoms with E-state index in [1.54, 1.807) is 4.90 Å². The van der Waals surface area contributed by atoms with E-state index in [0.29, 0.717) is 12.5 Å². The van der Waals surface area contributed by atoms with Crippen LogP contribution in [0.15, 0.2) is 40.8 Å². The van der Waals surface area contributed by atoms with Gasteiger partial charge < -0.3 is 14.4 Å². The van der Waals surface area contributed by atoms with Crippen molar-refractivity contribution in [2.24, 2.45) is 0 Å². The number of nitrogens with zero attached hydrogens (tertiary/aromatic N) is 1. The van der Waals surface area contributed by atoms with Gasteiger partial charge >= 0.3 is 5.97 Å². The van der Waals surface area contributed by atoms with Crippen molar-refractivity contribution in [3.05, 3.63) is 59.0 Å². The van der Waals surface area contributed by atoms with Crippen molar-refractivity contribution in [2.75, 3.05) is 0 Å². The average Bonchev–Trinajstić information content (AvgIpc) is 3.27. The highest BCUT2D eigenvalue weighted by atomic mass is 16.4. The second kappa shape index (κ2) is 6.51. The first-order valence-corrected chi connectivity index (χ1v) is 8.18. The smallest absolute Gasteiger partial charge is 0.371 e. The van der Waals surface area contributed by atoms with Crippen LogP contribution < -0.4 is 0 Å². The number of hydrogen-bond donors (Lipinski definition) is 1. The fourth-order valence-electron chi connectivity index (χ4n) is 2.67. The number of hydrogen-bond acceptors (Lipinski definition) is 3. The summed E-state index contributed by atoms with van der Waals surface area (Å²) in [5.74, 6) is -1.08. The van der Waals surface area contributed by atoms with Crippen molar-refractivity contribution < 1.29 is 19.1 Å². The number of benzene rings is 1. The summed E-state index contributed by atoms with van der Waals surface area (Å²) in [5, 5.41) is 8.93. The van der Waals surface area contributed by atoms with Gasteiger partial charge in [-0.2, -0.15) is 0 Å². The molecule has 1 heterocycles. The molecule has 5 nitrogen and oxygen atoms in total. The molecule has 1 aliphatic carbocycles. The standard InChI is InChI=1S/C19H21NO4/c1-12(2)14-5-3-13(4-6-14)11-20(15-7-8-15)18(21)16-9-10-17(24-16)19(22)23/h3-6,9-10,12,15H,7-8,11H2,1-2H3,(H,22,23). The first kappa shape index (κ1) is 16.3. The summed E-state index contributed by atoms with van der Waals surface area (Å²) in [7, 11) is 0. The normalized spacial score (nSPS) is 14.0. The van der Waals surface area contributed by atoms with Crippen molar-refractivity contribution in [3.63, 3.8) is 0 Å². The Morgan fingerprint density at radius 3 is 2.25 bits per heavy atom. The Labute approximate surface area is 140 Å². The maximum absolute atomic E-state index is 12.7. The molecule has 24 heavy (non-hydrogen) atoms. The Hall–Kier alpha value is -2.56. The summed E-state index contributed by atoms with van der Waals surface area (Å²) in [6.07, 6.45) is 1.95. The van der Waals surface area contributed by atoms with E-state index in [9.17, 15) is 9.59 Å². The Kier molecular flexibility index (Phi) is 4.42. The SMILES string of the molecule is CC(C)c1ccc(CN(C(=O)c2ccc(C(=O)O)o2)C2CC2)cc1. The average molecular weight is 327 g/mol. The topological polar surface area (TPSA) is 70.8 Å². The van der Waals surface area contributed by atoms with Crippen molar-refractivity contribution in [3.8, 4) is 0 Å². The van der Waals surface area contributed by atoms with E-state index in [1.807, 2.05) is 12.1 Å². The molecule has 126 valence electrons. The minimum Gasteiger partial charge on any atom is -0.475 e. The van der Waals surface area contributed by atoms with Crippen LogP contribution in [-0.2, 0) is 6.54 Å². The third-order valence-corrected chi connectivity index (χ3v) is 4.28. The molecular weight excluding hydrogens is 306 g/mol. The third kappa shape index (κ3) is 3.50. The molecule has 0 radical (unpaired) electrons. The van der Waals surface area contributed by atoms with Crippen LogP contribution in [0.25, 0.3) is 0 Å². The number of carbonyl (C=O) groups excluding carboxylic acids is 1. The van der Waals surface area contributed by atoms with Crippen LogP contribution in [0.2, 0.25) is 0 Å². The van der Waals surface area contributed by atoms with Gasteiger partial charge in [-0.15, -0.1) is 0 Å². The first-order valence-electron chi connectivity index (χ1n) is 8.18. The molecule has 1 aromatic carbocycles. The molecule has 0 bridgehead atoms. The van der Waals surface area contributed by atoms with Crippen LogP contribution >= 0.6 is 0 Å². The van der Waals surface area contributed by atoms with Crippen LogP contribution in [0.1, 0.15) is 64.8 Å². The quantitative estimate of drug-likeness (QED) is 0.873. The van der Waals surface area contributed by atoms with Crippen LogP contribution in [-0.4, -0.2) is 27.9 Å². The lowest BCUT2D eigenvalue weighted by atomic mass is 10.0. The number of carboxylic acid groups (broad SMARTS) is 1. The molecule has 1 fully saturated rings. The highest BCUT2D eigenvalue weighted by Crippen LogP contribution is 2.30. The summed E-state index contributed by atoms with van der Waals surface area (Å²) < 4.78 is 5.16. The molecule has 1 saturated carbocycles. The number of aromatic carboxylic acids is 1. The maximum atomic E-state index is 12.7. The molecule has 1 N–H and O–H groups in total. The Morgan fingerprint density at radius 1 is 1.12 bits per heavy atom. The predicted molar refractivity (Wildman–Crippen MR) is 89.1 cm³/mol. The molecule has 0 atom stereocenters. The fourth-order valence-corrected chi connectivity index (χ4v) is 2.67. The summed E-state index contributed by atoms with van der Waals surface area (Å²) in [6.45, 7) is 4.79. The molecule has 2 aromatic rings. The van der Waals surface area contributed by atoms with E-state index in [2.05, 4.69) is 26.0 Å². The maximum Gasteiger partial charge on any atom is 0.371 e. The van der Waals surface area contributed by atoms with Crippen LogP contribution in [0.3, 0.4) is 0 Å². The number of carboxylic acids is 1. The molecule has 0 aliphatic heterocycles. The largest absolute Gasteiger partial charge is 0.475 e. The highest BCUT2D eigenvalue weighted by molar-refractivity contribution is 5.93. The van der Waals surface area contributed by atoms with Gasteiger partial charge in [0, 0.05) is 12.6 Å². The van der Waals surface area contributed by atoms with E-state index in [-0.39, 0.29) is 23.5 Å². The molecular formula is C19H21NO4. The second-order valence-corrected chi connectivity index (χ2v) is 6.53. The summed E-state index contributed by atoms with van der Waals surface area (Å²) >= 11 is 0. The van der Waals surface area contributed by atoms with E-state index in [0.717, 1.165) is 18.4 Å². The Morgan fingerprint density at radius 2 is 1.75 bits per heavy atom. The second-order valence-electron chi connectivity index (χ2n) is 6.53. The van der Waals surface area contributed by atoms with Crippen LogP contribution in [0.5, 0.6) is 0 Å². The molecule has 0 spiro atoms. The van der Waals surface area contributed by atoms with Gasteiger partial charge in [-0.1, -0.05) is 38.1 Å². The predicted octanol–water partition coefficient (Wildman–Crippen LogP) is 3.91. The lowest BCUT2D eigenvalue weighted by Gasteiger charge is -2.21. The van der Waals surface area contributed by atoms with Gasteiger partial charge in [0.1, 0.15) is 0 Å². The van der Waals surface area contributed by atoms with Crippen molar-refractivity contribution in [1.82, 2.24) is 4.90 Å². The van der Waals surface area contributed by atoms with Gasteiger partial charge in [-0.3, -0.25) is 4.79 Å². The molecule has 3 rings (SSSR count). The number of rotatable bonds is 6. The van der Waals surface area contributed by atoms with Crippen LogP contribution in [0.4, 0.5) is 0 Å². The zero-order chi connectivity index (χ0) is 17.3. The monoisotopic (exact) mass is 327 g/mol. The molecule has 1 aromatic heterocycles. The molecule has 1 aliphatic rings. The third-order valence-electron chi connectivity index (χ3n) is 4.28. The minimum absolute atomic E-state index is 0.0816. The molecule has 1 amide bonds. The van der Waals surface area contributed by atoms with E-state index < -0.39 is 5.97 Å². The highest BCUT2D eigenvalue weighted by Gasteiger charge is 2.34. The van der Waals surface area contributed by atoms with Gasteiger partial charge in [0.2, 0.25) is 5.76 Å². The Bertz CT molecular complexity index is 741. The first-order chi connectivity index (χ1) is 11.5. The van der Waals surface area contributed by atoms with E-state index in [4.69, 9.17) is 9.52 Å². The van der Waals surface area contributed by atoms with Gasteiger partial charge in [0.25, 0.3) is 5.91 Å². The summed E-state index contributed by atoms with van der Waals surface area (Å²) in [4.78, 5) is 25.4. The lowest BCUT2D eigenvalue weighted by molar-refractivity contribution is 0.0644. The summed E-state index contributed by atoms with van der Waals surface area (Å²) in [6, 6.07) is 11.2. The van der Waals surface area contributed by atoms with Crippen molar-refractivity contribution in [1.29, 1.82) is 0 Å². The number of carbonyl (C=O) groups is 2. The van der Waals surface area contributed by atoms with Gasteiger partial charge in [-0.05, 0) is 42.0 Å². The minimum atomic E-state index is -1.17. The number of furan rings is 1. The van der Waals surface area contributed by atoms with E-state index in [1.165, 1.54) is 17.7 Å². The van der Waals surface area contributed by atoms with Crippen molar-refractivity contribution >= 4 is 11.9 Å². The molecule has 0 saturated heterocycles. The number of amides is 1. The van der Waals surface area contributed by atoms with Gasteiger partial charge in [0.15, 0.2) is 5.76 Å². The molecule has 0 unspecified atom stereocenters. The summed E-state index contributed by atoms with van der Waals surface area (Å²) in [5.41, 5.74) is 2.32. The van der Waals surface area contributed by atoms with E-state index >= 15 is 0 Å². The van der Waals surface area contributed by atoms with Gasteiger partial charge in [0.05, 0.1) is 0 Å². The van der Waals surface area contributed by atoms with Crippen molar-refractivity contribution in [2.45, 2.75) is 45.2 Å². The zero-order valence-electron chi connectivity index (χ0n) is 13.9. The lowest BCUT2D eigenvalue weighted by Crippen LogP contribution is -2.32. The fraction of sp³-hybridized carbons (Fsp3) is 0.368. The molecule has 5 heteroatoms. The zero-order valence-corrected chi connectivity index (χ0v) is 13.9. The van der Waals surface area contributed by atoms with Gasteiger partial charge in [-0.25, -0.2) is 4.79 Å². The Balaban J connectivity index is 1.76. The van der Waals surface area contributed by atoms with Crippen LogP contribution in [0, 0.1) is 0 Å².